The molecule has 2 nitrogen and oxygen atoms in total. The Balaban J connectivity index is 2.14. The van der Waals surface area contributed by atoms with Crippen LogP contribution >= 0.6 is 27.3 Å². The second-order valence-corrected chi connectivity index (χ2v) is 6.69. The first-order valence-electron chi connectivity index (χ1n) is 5.82. The summed E-state index contributed by atoms with van der Waals surface area (Å²) in [5.74, 6) is 0.882. The van der Waals surface area contributed by atoms with Crippen LogP contribution < -0.4 is 10.5 Å². The van der Waals surface area contributed by atoms with Crippen molar-refractivity contribution < 1.29 is 4.74 Å². The molecule has 1 aromatic carbocycles. The Morgan fingerprint density at radius 2 is 1.83 bits per heavy atom. The van der Waals surface area contributed by atoms with E-state index >= 15 is 0 Å². The molecule has 96 valence electrons. The second-order valence-electron chi connectivity index (χ2n) is 4.40. The molecule has 0 spiro atoms. The maximum Gasteiger partial charge on any atom is 0.119 e. The minimum absolute atomic E-state index is 0.0827. The first-order valence-corrected chi connectivity index (χ1v) is 7.49. The van der Waals surface area contributed by atoms with Crippen LogP contribution in [-0.4, -0.2) is 6.10 Å². The van der Waals surface area contributed by atoms with Crippen LogP contribution in [0.1, 0.15) is 31.0 Å². The van der Waals surface area contributed by atoms with Gasteiger partial charge in [0.1, 0.15) is 5.75 Å². The zero-order chi connectivity index (χ0) is 13.1. The number of hydrogen-bond acceptors (Lipinski definition) is 3. The fourth-order valence-electron chi connectivity index (χ4n) is 1.70. The largest absolute Gasteiger partial charge is 0.491 e. The lowest BCUT2D eigenvalue weighted by Crippen LogP contribution is -2.11. The molecule has 1 aromatic heterocycles. The molecule has 0 saturated carbocycles. The van der Waals surface area contributed by atoms with Crippen molar-refractivity contribution in [2.45, 2.75) is 26.0 Å². The van der Waals surface area contributed by atoms with Crippen LogP contribution in [0.4, 0.5) is 0 Å². The molecule has 2 aromatic rings. The summed E-state index contributed by atoms with van der Waals surface area (Å²) in [6, 6.07) is 9.96. The van der Waals surface area contributed by atoms with E-state index in [1.807, 2.05) is 38.1 Å². The average molecular weight is 326 g/mol. The Morgan fingerprint density at radius 3 is 2.33 bits per heavy atom. The molecule has 1 unspecified atom stereocenters. The van der Waals surface area contributed by atoms with Gasteiger partial charge in [0.2, 0.25) is 0 Å². The highest BCUT2D eigenvalue weighted by Gasteiger charge is 2.10. The third-order valence-electron chi connectivity index (χ3n) is 2.56. The smallest absolute Gasteiger partial charge is 0.119 e. The normalized spacial score (nSPS) is 12.7. The van der Waals surface area contributed by atoms with E-state index in [-0.39, 0.29) is 12.1 Å². The Labute approximate surface area is 120 Å². The average Bonchev–Trinajstić information content (AvgIpc) is 2.75. The maximum atomic E-state index is 6.23. The zero-order valence-electron chi connectivity index (χ0n) is 10.4. The minimum atomic E-state index is -0.0827. The number of nitrogens with two attached hydrogens (primary N) is 1. The van der Waals surface area contributed by atoms with E-state index in [1.165, 1.54) is 0 Å². The highest BCUT2D eigenvalue weighted by molar-refractivity contribution is 9.11. The van der Waals surface area contributed by atoms with Crippen molar-refractivity contribution in [3.05, 3.63) is 50.6 Å². The first-order chi connectivity index (χ1) is 8.56. The van der Waals surface area contributed by atoms with Gasteiger partial charge in [-0.05, 0) is 64.5 Å². The molecule has 0 radical (unpaired) electrons. The van der Waals surface area contributed by atoms with Gasteiger partial charge in [0.25, 0.3) is 0 Å². The van der Waals surface area contributed by atoms with Gasteiger partial charge in [-0.2, -0.15) is 0 Å². The molecular formula is C14H16BrNOS. The predicted octanol–water partition coefficient (Wildman–Crippen LogP) is 4.35. The van der Waals surface area contributed by atoms with Crippen LogP contribution in [-0.2, 0) is 0 Å². The summed E-state index contributed by atoms with van der Waals surface area (Å²) in [6.45, 7) is 4.03. The molecule has 1 heterocycles. The van der Waals surface area contributed by atoms with Crippen LogP contribution in [0.25, 0.3) is 0 Å². The Kier molecular flexibility index (Phi) is 4.43. The van der Waals surface area contributed by atoms with Crippen molar-refractivity contribution in [3.63, 3.8) is 0 Å². The van der Waals surface area contributed by atoms with E-state index in [4.69, 9.17) is 10.5 Å². The van der Waals surface area contributed by atoms with Crippen molar-refractivity contribution in [2.75, 3.05) is 0 Å². The molecule has 0 fully saturated rings. The monoisotopic (exact) mass is 325 g/mol. The van der Waals surface area contributed by atoms with Gasteiger partial charge in [-0.15, -0.1) is 11.3 Å². The predicted molar refractivity (Wildman–Crippen MR) is 80.3 cm³/mol. The van der Waals surface area contributed by atoms with Gasteiger partial charge in [0.15, 0.2) is 0 Å². The van der Waals surface area contributed by atoms with Crippen LogP contribution in [0, 0.1) is 0 Å². The van der Waals surface area contributed by atoms with Crippen molar-refractivity contribution in [2.24, 2.45) is 5.73 Å². The van der Waals surface area contributed by atoms with Gasteiger partial charge >= 0.3 is 0 Å². The fraction of sp³-hybridized carbons (Fsp3) is 0.286. The van der Waals surface area contributed by atoms with E-state index in [0.29, 0.717) is 0 Å². The van der Waals surface area contributed by atoms with Gasteiger partial charge in [-0.25, -0.2) is 0 Å². The molecule has 2 N–H and O–H groups in total. The van der Waals surface area contributed by atoms with Crippen LogP contribution in [0.3, 0.4) is 0 Å². The van der Waals surface area contributed by atoms with Gasteiger partial charge in [0.05, 0.1) is 15.9 Å². The molecule has 0 amide bonds. The van der Waals surface area contributed by atoms with Crippen LogP contribution in [0.15, 0.2) is 39.5 Å². The topological polar surface area (TPSA) is 35.2 Å². The Morgan fingerprint density at radius 1 is 1.17 bits per heavy atom. The third-order valence-corrected chi connectivity index (χ3v) is 4.08. The summed E-state index contributed by atoms with van der Waals surface area (Å²) in [5.41, 5.74) is 8.45. The molecule has 0 bridgehead atoms. The molecule has 0 aliphatic heterocycles. The lowest BCUT2D eigenvalue weighted by atomic mass is 10.0. The Hall–Kier alpha value is -0.840. The van der Waals surface area contributed by atoms with Crippen molar-refractivity contribution in [1.29, 1.82) is 0 Å². The number of hydrogen-bond donors (Lipinski definition) is 1. The van der Waals surface area contributed by atoms with Crippen molar-refractivity contribution in [3.8, 4) is 5.75 Å². The first kappa shape index (κ1) is 13.6. The summed E-state index contributed by atoms with van der Waals surface area (Å²) in [7, 11) is 0. The number of thiophene rings is 1. The minimum Gasteiger partial charge on any atom is -0.491 e. The van der Waals surface area contributed by atoms with Crippen LogP contribution in [0.5, 0.6) is 5.75 Å². The summed E-state index contributed by atoms with van der Waals surface area (Å²) < 4.78 is 6.72. The lowest BCUT2D eigenvalue weighted by molar-refractivity contribution is 0.242. The fourth-order valence-corrected chi connectivity index (χ4v) is 2.92. The zero-order valence-corrected chi connectivity index (χ0v) is 12.8. The quantitative estimate of drug-likeness (QED) is 0.907. The standard InChI is InChI=1S/C14H16BrNOS/c1-9(2)17-12-5-3-10(4-6-12)14(16)11-7-13(15)18-8-11/h3-9,14H,16H2,1-2H3. The number of rotatable bonds is 4. The highest BCUT2D eigenvalue weighted by Crippen LogP contribution is 2.28. The molecule has 0 saturated heterocycles. The van der Waals surface area contributed by atoms with Crippen molar-refractivity contribution >= 4 is 27.3 Å². The molecule has 0 aliphatic carbocycles. The molecule has 4 heteroatoms. The van der Waals surface area contributed by atoms with Gasteiger partial charge in [-0.1, -0.05) is 12.1 Å². The number of ether oxygens (including phenoxy) is 1. The van der Waals surface area contributed by atoms with Gasteiger partial charge < -0.3 is 10.5 Å². The summed E-state index contributed by atoms with van der Waals surface area (Å²) in [6.07, 6.45) is 0.192. The van der Waals surface area contributed by atoms with E-state index in [1.54, 1.807) is 11.3 Å². The van der Waals surface area contributed by atoms with E-state index < -0.39 is 0 Å². The third kappa shape index (κ3) is 3.34. The summed E-state index contributed by atoms with van der Waals surface area (Å²) >= 11 is 5.11. The highest BCUT2D eigenvalue weighted by atomic mass is 79.9. The van der Waals surface area contributed by atoms with Crippen molar-refractivity contribution in [1.82, 2.24) is 0 Å². The molecule has 18 heavy (non-hydrogen) atoms. The molecule has 1 atom stereocenters. The SMILES string of the molecule is CC(C)Oc1ccc(C(N)c2csc(Br)c2)cc1. The van der Waals surface area contributed by atoms with E-state index in [0.717, 1.165) is 20.7 Å². The second kappa shape index (κ2) is 5.87. The van der Waals surface area contributed by atoms with Crippen LogP contribution in [0.2, 0.25) is 0 Å². The number of benzene rings is 1. The van der Waals surface area contributed by atoms with E-state index in [9.17, 15) is 0 Å². The lowest BCUT2D eigenvalue weighted by Gasteiger charge is -2.13. The summed E-state index contributed by atoms with van der Waals surface area (Å²) in [4.78, 5) is 0. The Bertz CT molecular complexity index is 507. The van der Waals surface area contributed by atoms with E-state index in [2.05, 4.69) is 27.4 Å². The maximum absolute atomic E-state index is 6.23. The molecule has 0 aliphatic rings. The van der Waals surface area contributed by atoms with Gasteiger partial charge in [-0.3, -0.25) is 0 Å². The van der Waals surface area contributed by atoms with Gasteiger partial charge in [0, 0.05) is 0 Å². The molecule has 2 rings (SSSR count). The number of halogens is 1. The summed E-state index contributed by atoms with van der Waals surface area (Å²) in [5, 5.41) is 2.08. The molecular weight excluding hydrogens is 310 g/mol.